The minimum Gasteiger partial charge on any atom is -0.333 e. The van der Waals surface area contributed by atoms with Crippen molar-refractivity contribution in [3.63, 3.8) is 0 Å². The predicted molar refractivity (Wildman–Crippen MR) is 79.4 cm³/mol. The van der Waals surface area contributed by atoms with Gasteiger partial charge in [-0.2, -0.15) is 5.10 Å². The Kier molecular flexibility index (Phi) is 3.65. The number of nitrogens with zero attached hydrogens (tertiary/aromatic N) is 4. The average molecular weight is 275 g/mol. The van der Waals surface area contributed by atoms with Crippen molar-refractivity contribution >= 4 is 11.5 Å². The van der Waals surface area contributed by atoms with Crippen molar-refractivity contribution < 1.29 is 0 Å². The first-order chi connectivity index (χ1) is 9.32. The first kappa shape index (κ1) is 14.3. The fourth-order valence-corrected chi connectivity index (χ4v) is 2.05. The molecule has 2 aromatic heterocycles. The summed E-state index contributed by atoms with van der Waals surface area (Å²) in [6.45, 7) is 7.98. The smallest absolute Gasteiger partial charge is 0.294 e. The molecule has 0 unspecified atom stereocenters. The first-order valence-corrected chi connectivity index (χ1v) is 6.70. The molecule has 0 saturated heterocycles. The molecule has 0 aliphatic heterocycles. The van der Waals surface area contributed by atoms with E-state index < -0.39 is 0 Å². The zero-order valence-electron chi connectivity index (χ0n) is 12.6. The van der Waals surface area contributed by atoms with E-state index in [2.05, 4.69) is 15.4 Å². The molecule has 0 aliphatic carbocycles. The van der Waals surface area contributed by atoms with Crippen LogP contribution in [0.4, 0.5) is 11.5 Å². The summed E-state index contributed by atoms with van der Waals surface area (Å²) in [4.78, 5) is 16.6. The number of rotatable bonds is 3. The van der Waals surface area contributed by atoms with Crippen LogP contribution in [0.3, 0.4) is 0 Å². The molecule has 0 atom stereocenters. The van der Waals surface area contributed by atoms with Crippen LogP contribution in [0, 0.1) is 0 Å². The summed E-state index contributed by atoms with van der Waals surface area (Å²) in [6.07, 6.45) is 5.99. The van der Waals surface area contributed by atoms with Crippen LogP contribution in [0.5, 0.6) is 0 Å². The largest absolute Gasteiger partial charge is 0.333 e. The number of aryl methyl sites for hydroxylation is 2. The molecule has 6 heteroatoms. The highest BCUT2D eigenvalue weighted by atomic mass is 16.1. The molecule has 0 radical (unpaired) electrons. The van der Waals surface area contributed by atoms with Crippen LogP contribution < -0.4 is 10.9 Å². The quantitative estimate of drug-likeness (QED) is 0.931. The van der Waals surface area contributed by atoms with Crippen LogP contribution in [0.15, 0.2) is 23.4 Å². The predicted octanol–water partition coefficient (Wildman–Crippen LogP) is 2.04. The number of nitrogens with one attached hydrogen (secondary N) is 1. The molecule has 0 saturated carbocycles. The third kappa shape index (κ3) is 2.74. The van der Waals surface area contributed by atoms with Gasteiger partial charge in [0, 0.05) is 31.2 Å². The van der Waals surface area contributed by atoms with Crippen LogP contribution in [0.2, 0.25) is 0 Å². The second kappa shape index (κ2) is 5.11. The van der Waals surface area contributed by atoms with Crippen LogP contribution in [0.1, 0.15) is 33.4 Å². The zero-order valence-corrected chi connectivity index (χ0v) is 12.6. The standard InChI is InChI=1S/C14H21N5O/c1-6-10-11(9-18(5)17-10)16-12-13(20)19(8-7-15-12)14(2,3)4/h7-9H,6H2,1-5H3,(H,15,16). The zero-order chi connectivity index (χ0) is 14.9. The second-order valence-corrected chi connectivity index (χ2v) is 5.76. The molecule has 2 heterocycles. The lowest BCUT2D eigenvalue weighted by Gasteiger charge is -2.22. The average Bonchev–Trinajstić information content (AvgIpc) is 2.70. The van der Waals surface area contributed by atoms with Gasteiger partial charge in [-0.1, -0.05) is 6.92 Å². The monoisotopic (exact) mass is 275 g/mol. The van der Waals surface area contributed by atoms with E-state index in [1.807, 2.05) is 40.9 Å². The van der Waals surface area contributed by atoms with Gasteiger partial charge in [-0.15, -0.1) is 0 Å². The third-order valence-electron chi connectivity index (χ3n) is 3.06. The molecule has 0 amide bonds. The minimum absolute atomic E-state index is 0.133. The number of anilines is 2. The summed E-state index contributed by atoms with van der Waals surface area (Å²) in [6, 6.07) is 0. The molecule has 0 aromatic carbocycles. The van der Waals surface area contributed by atoms with Crippen molar-refractivity contribution in [3.05, 3.63) is 34.6 Å². The minimum atomic E-state index is -0.279. The van der Waals surface area contributed by atoms with E-state index in [1.54, 1.807) is 21.6 Å². The van der Waals surface area contributed by atoms with Crippen LogP contribution in [-0.2, 0) is 19.0 Å². The van der Waals surface area contributed by atoms with E-state index in [-0.39, 0.29) is 11.1 Å². The van der Waals surface area contributed by atoms with Crippen molar-refractivity contribution in [3.8, 4) is 0 Å². The van der Waals surface area contributed by atoms with Gasteiger partial charge < -0.3 is 9.88 Å². The maximum atomic E-state index is 12.4. The van der Waals surface area contributed by atoms with Crippen molar-refractivity contribution in [1.82, 2.24) is 19.3 Å². The van der Waals surface area contributed by atoms with Gasteiger partial charge in [0.2, 0.25) is 0 Å². The van der Waals surface area contributed by atoms with E-state index in [1.165, 1.54) is 0 Å². The highest BCUT2D eigenvalue weighted by Crippen LogP contribution is 2.17. The summed E-state index contributed by atoms with van der Waals surface area (Å²) in [5, 5.41) is 7.44. The lowest BCUT2D eigenvalue weighted by atomic mass is 10.1. The van der Waals surface area contributed by atoms with E-state index >= 15 is 0 Å². The normalized spacial score (nSPS) is 11.7. The molecule has 0 fully saturated rings. The molecule has 108 valence electrons. The van der Waals surface area contributed by atoms with E-state index in [4.69, 9.17) is 0 Å². The SMILES string of the molecule is CCc1nn(C)cc1Nc1nccn(C(C)(C)C)c1=O. The fraction of sp³-hybridized carbons (Fsp3) is 0.500. The Bertz CT molecular complexity index is 663. The lowest BCUT2D eigenvalue weighted by Crippen LogP contribution is -2.34. The Morgan fingerprint density at radius 1 is 1.35 bits per heavy atom. The van der Waals surface area contributed by atoms with Crippen LogP contribution in [-0.4, -0.2) is 19.3 Å². The molecule has 1 N–H and O–H groups in total. The van der Waals surface area contributed by atoms with Gasteiger partial charge in [-0.3, -0.25) is 9.48 Å². The van der Waals surface area contributed by atoms with Gasteiger partial charge >= 0.3 is 0 Å². The summed E-state index contributed by atoms with van der Waals surface area (Å²) in [5.41, 5.74) is 1.33. The van der Waals surface area contributed by atoms with Gasteiger partial charge in [0.25, 0.3) is 5.56 Å². The van der Waals surface area contributed by atoms with E-state index in [0.29, 0.717) is 5.82 Å². The Hall–Kier alpha value is -2.11. The van der Waals surface area contributed by atoms with Crippen molar-refractivity contribution in [2.45, 2.75) is 39.7 Å². The summed E-state index contributed by atoms with van der Waals surface area (Å²) >= 11 is 0. The highest BCUT2D eigenvalue weighted by molar-refractivity contribution is 5.57. The molecular formula is C14H21N5O. The van der Waals surface area contributed by atoms with Gasteiger partial charge in [-0.05, 0) is 27.2 Å². The molecule has 6 nitrogen and oxygen atoms in total. The fourth-order valence-electron chi connectivity index (χ4n) is 2.05. The maximum absolute atomic E-state index is 12.4. The Labute approximate surface area is 118 Å². The molecule has 20 heavy (non-hydrogen) atoms. The van der Waals surface area contributed by atoms with Crippen molar-refractivity contribution in [2.24, 2.45) is 7.05 Å². The van der Waals surface area contributed by atoms with E-state index in [0.717, 1.165) is 17.8 Å². The molecule has 0 bridgehead atoms. The topological polar surface area (TPSA) is 64.7 Å². The molecule has 2 aromatic rings. The maximum Gasteiger partial charge on any atom is 0.294 e. The third-order valence-corrected chi connectivity index (χ3v) is 3.06. The van der Waals surface area contributed by atoms with Crippen molar-refractivity contribution in [1.29, 1.82) is 0 Å². The van der Waals surface area contributed by atoms with Gasteiger partial charge in [0.1, 0.15) is 0 Å². The van der Waals surface area contributed by atoms with Crippen LogP contribution in [0.25, 0.3) is 0 Å². The Balaban J connectivity index is 2.42. The van der Waals surface area contributed by atoms with Gasteiger partial charge in [-0.25, -0.2) is 4.98 Å². The van der Waals surface area contributed by atoms with Gasteiger partial charge in [0.15, 0.2) is 5.82 Å². The number of aromatic nitrogens is 4. The summed E-state index contributed by atoms with van der Waals surface area (Å²) < 4.78 is 3.40. The number of hydrogen-bond acceptors (Lipinski definition) is 4. The summed E-state index contributed by atoms with van der Waals surface area (Å²) in [5.74, 6) is 0.324. The van der Waals surface area contributed by atoms with E-state index in [9.17, 15) is 4.79 Å². The first-order valence-electron chi connectivity index (χ1n) is 6.70. The molecular weight excluding hydrogens is 254 g/mol. The van der Waals surface area contributed by atoms with Gasteiger partial charge in [0.05, 0.1) is 11.4 Å². The molecule has 2 rings (SSSR count). The Morgan fingerprint density at radius 3 is 2.65 bits per heavy atom. The Morgan fingerprint density at radius 2 is 2.05 bits per heavy atom. The summed E-state index contributed by atoms with van der Waals surface area (Å²) in [7, 11) is 1.86. The van der Waals surface area contributed by atoms with Crippen LogP contribution >= 0.6 is 0 Å². The number of hydrogen-bond donors (Lipinski definition) is 1. The molecule has 0 aliphatic rings. The molecule has 0 spiro atoms. The highest BCUT2D eigenvalue weighted by Gasteiger charge is 2.17. The lowest BCUT2D eigenvalue weighted by molar-refractivity contribution is 0.383. The second-order valence-electron chi connectivity index (χ2n) is 5.76. The van der Waals surface area contributed by atoms with Crippen molar-refractivity contribution in [2.75, 3.05) is 5.32 Å².